The number of methoxy groups -OCH3 is 1. The highest BCUT2D eigenvalue weighted by Crippen LogP contribution is 2.10. The third-order valence-corrected chi connectivity index (χ3v) is 2.25. The Morgan fingerprint density at radius 2 is 2.23 bits per heavy atom. The molecule has 0 fully saturated rings. The summed E-state index contributed by atoms with van der Waals surface area (Å²) in [5, 5.41) is 3.26. The minimum Gasteiger partial charge on any atom is -0.307 e. The summed E-state index contributed by atoms with van der Waals surface area (Å²) in [6.07, 6.45) is 10.1. The highest BCUT2D eigenvalue weighted by molar-refractivity contribution is 6.05. The molecule has 0 aromatic carbocycles. The molecular weight excluding hydrogens is 164 g/mol. The average molecular weight is 177 g/mol. The number of nitrogens with zero attached hydrogens (tertiary/aromatic N) is 1. The van der Waals surface area contributed by atoms with Gasteiger partial charge in [0.05, 0.1) is 0 Å². The van der Waals surface area contributed by atoms with Crippen LogP contribution in [-0.2, 0) is 4.74 Å². The summed E-state index contributed by atoms with van der Waals surface area (Å²) in [6.45, 7) is 0. The number of rotatable bonds is 1. The Hall–Kier alpha value is -1.35. The molecule has 1 unspecified atom stereocenters. The van der Waals surface area contributed by atoms with E-state index < -0.39 is 0 Å². The molecule has 68 valence electrons. The molecule has 13 heavy (non-hydrogen) atoms. The van der Waals surface area contributed by atoms with E-state index in [-0.39, 0.29) is 6.35 Å². The van der Waals surface area contributed by atoms with Gasteiger partial charge < -0.3 is 4.74 Å². The summed E-state index contributed by atoms with van der Waals surface area (Å²) in [5.41, 5.74) is 2.27. The minimum atomic E-state index is -0.0441. The molecule has 1 aliphatic heterocycles. The molecular formula is C10H13N2O+. The second kappa shape index (κ2) is 3.18. The van der Waals surface area contributed by atoms with Crippen LogP contribution in [0, 0.1) is 0 Å². The topological polar surface area (TPSA) is 24.3 Å². The maximum atomic E-state index is 5.25. The van der Waals surface area contributed by atoms with Gasteiger partial charge in [-0.15, -0.1) is 0 Å². The van der Waals surface area contributed by atoms with Crippen LogP contribution < -0.4 is 5.32 Å². The van der Waals surface area contributed by atoms with Crippen LogP contribution in [-0.4, -0.2) is 30.8 Å². The zero-order valence-corrected chi connectivity index (χ0v) is 7.82. The summed E-state index contributed by atoms with van der Waals surface area (Å²) in [6, 6.07) is 0. The summed E-state index contributed by atoms with van der Waals surface area (Å²) in [7, 11) is 3.70. The molecule has 0 saturated carbocycles. The second-order valence-electron chi connectivity index (χ2n) is 3.05. The number of fused-ring (bicyclic) bond motifs is 1. The maximum absolute atomic E-state index is 5.25. The van der Waals surface area contributed by atoms with Crippen LogP contribution in [0.2, 0.25) is 0 Å². The third kappa shape index (κ3) is 1.31. The van der Waals surface area contributed by atoms with Gasteiger partial charge in [-0.05, 0) is 6.08 Å². The highest BCUT2D eigenvalue weighted by atomic mass is 16.5. The van der Waals surface area contributed by atoms with Crippen LogP contribution in [0.3, 0.4) is 0 Å². The average Bonchev–Trinajstić information content (AvgIpc) is 2.37. The lowest BCUT2D eigenvalue weighted by Crippen LogP contribution is -2.31. The largest absolute Gasteiger partial charge is 0.340 e. The van der Waals surface area contributed by atoms with Crippen LogP contribution in [0.15, 0.2) is 36.1 Å². The van der Waals surface area contributed by atoms with E-state index in [4.69, 9.17) is 4.74 Å². The van der Waals surface area contributed by atoms with Gasteiger partial charge in [-0.2, -0.15) is 4.58 Å². The molecule has 0 spiro atoms. The zero-order chi connectivity index (χ0) is 9.26. The SMILES string of the molecule is COC1NC2=CC=CC=CC2=[N+]1C. The van der Waals surface area contributed by atoms with Crippen molar-refractivity contribution in [3.63, 3.8) is 0 Å². The van der Waals surface area contributed by atoms with Crippen LogP contribution in [0.25, 0.3) is 0 Å². The van der Waals surface area contributed by atoms with Crippen molar-refractivity contribution in [1.29, 1.82) is 0 Å². The van der Waals surface area contributed by atoms with Gasteiger partial charge in [-0.1, -0.05) is 18.2 Å². The molecule has 1 aliphatic carbocycles. The first-order valence-electron chi connectivity index (χ1n) is 4.27. The van der Waals surface area contributed by atoms with Crippen molar-refractivity contribution in [2.24, 2.45) is 0 Å². The quantitative estimate of drug-likeness (QED) is 0.593. The number of ether oxygens (including phenoxy) is 1. The number of hydrogen-bond donors (Lipinski definition) is 1. The van der Waals surface area contributed by atoms with E-state index in [0.29, 0.717) is 0 Å². The van der Waals surface area contributed by atoms with Gasteiger partial charge >= 0.3 is 6.35 Å². The van der Waals surface area contributed by atoms with Crippen LogP contribution >= 0.6 is 0 Å². The lowest BCUT2D eigenvalue weighted by molar-refractivity contribution is -0.583. The van der Waals surface area contributed by atoms with Crippen LogP contribution in [0.1, 0.15) is 0 Å². The van der Waals surface area contributed by atoms with E-state index in [1.165, 1.54) is 0 Å². The normalized spacial score (nSPS) is 25.4. The molecule has 1 atom stereocenters. The van der Waals surface area contributed by atoms with Crippen molar-refractivity contribution in [3.05, 3.63) is 36.1 Å². The lowest BCUT2D eigenvalue weighted by atomic mass is 10.2. The molecule has 0 bridgehead atoms. The van der Waals surface area contributed by atoms with Gasteiger partial charge in [0, 0.05) is 13.2 Å². The Morgan fingerprint density at radius 1 is 1.38 bits per heavy atom. The first-order valence-corrected chi connectivity index (χ1v) is 4.27. The number of nitrogens with one attached hydrogen (secondary N) is 1. The fourth-order valence-corrected chi connectivity index (χ4v) is 1.54. The van der Waals surface area contributed by atoms with E-state index in [1.807, 2.05) is 31.4 Å². The van der Waals surface area contributed by atoms with Crippen molar-refractivity contribution in [3.8, 4) is 0 Å². The first-order chi connectivity index (χ1) is 6.33. The standard InChI is InChI=1S/C10H12N2O/c1-12-9-7-5-3-4-6-8(9)11-10(12)13-2/h3-7,10H,1-2H3/p+1. The van der Waals surface area contributed by atoms with E-state index in [9.17, 15) is 0 Å². The second-order valence-corrected chi connectivity index (χ2v) is 3.05. The predicted molar refractivity (Wildman–Crippen MR) is 51.5 cm³/mol. The molecule has 2 aliphatic rings. The highest BCUT2D eigenvalue weighted by Gasteiger charge is 2.31. The number of allylic oxidation sites excluding steroid dienone is 5. The summed E-state index contributed by atoms with van der Waals surface area (Å²) in [5.74, 6) is 0. The minimum absolute atomic E-state index is 0.0441. The fourth-order valence-electron chi connectivity index (χ4n) is 1.54. The van der Waals surface area contributed by atoms with Gasteiger partial charge in [-0.25, -0.2) is 0 Å². The monoisotopic (exact) mass is 177 g/mol. The van der Waals surface area contributed by atoms with Gasteiger partial charge in [0.15, 0.2) is 0 Å². The van der Waals surface area contributed by atoms with E-state index in [0.717, 1.165) is 11.4 Å². The first kappa shape index (κ1) is 8.26. The Kier molecular flexibility index (Phi) is 2.02. The van der Waals surface area contributed by atoms with E-state index >= 15 is 0 Å². The number of hydrogen-bond acceptors (Lipinski definition) is 2. The van der Waals surface area contributed by atoms with Crippen molar-refractivity contribution in [2.45, 2.75) is 6.35 Å². The summed E-state index contributed by atoms with van der Waals surface area (Å²) < 4.78 is 7.32. The zero-order valence-electron chi connectivity index (χ0n) is 7.82. The molecule has 1 N–H and O–H groups in total. The molecule has 3 nitrogen and oxygen atoms in total. The molecule has 0 radical (unpaired) electrons. The van der Waals surface area contributed by atoms with Gasteiger partial charge in [0.1, 0.15) is 12.7 Å². The molecule has 1 heterocycles. The Morgan fingerprint density at radius 3 is 3.00 bits per heavy atom. The van der Waals surface area contributed by atoms with Gasteiger partial charge in [0.2, 0.25) is 5.71 Å². The van der Waals surface area contributed by atoms with Gasteiger partial charge in [-0.3, -0.25) is 5.32 Å². The molecule has 0 saturated heterocycles. The van der Waals surface area contributed by atoms with E-state index in [1.54, 1.807) is 7.11 Å². The van der Waals surface area contributed by atoms with Crippen LogP contribution in [0.5, 0.6) is 0 Å². The fraction of sp³-hybridized carbons (Fsp3) is 0.300. The van der Waals surface area contributed by atoms with Crippen molar-refractivity contribution < 1.29 is 9.31 Å². The van der Waals surface area contributed by atoms with E-state index in [2.05, 4.69) is 16.0 Å². The molecule has 0 amide bonds. The summed E-state index contributed by atoms with van der Waals surface area (Å²) >= 11 is 0. The molecule has 3 heteroatoms. The van der Waals surface area contributed by atoms with Crippen LogP contribution in [0.4, 0.5) is 0 Å². The van der Waals surface area contributed by atoms with Crippen molar-refractivity contribution >= 4 is 5.71 Å². The summed E-state index contributed by atoms with van der Waals surface area (Å²) in [4.78, 5) is 0. The molecule has 0 aromatic heterocycles. The Labute approximate surface area is 77.7 Å². The predicted octanol–water partition coefficient (Wildman–Crippen LogP) is 0.613. The lowest BCUT2D eigenvalue weighted by Gasteiger charge is -2.03. The Bertz CT molecular complexity index is 337. The smallest absolute Gasteiger partial charge is 0.307 e. The van der Waals surface area contributed by atoms with Crippen molar-refractivity contribution in [2.75, 3.05) is 14.2 Å². The van der Waals surface area contributed by atoms with Gasteiger partial charge in [0.25, 0.3) is 0 Å². The maximum Gasteiger partial charge on any atom is 0.340 e. The molecule has 0 aromatic rings. The third-order valence-electron chi connectivity index (χ3n) is 2.25. The Balaban J connectivity index is 2.40. The van der Waals surface area contributed by atoms with Crippen molar-refractivity contribution in [1.82, 2.24) is 5.32 Å². The molecule has 2 rings (SSSR count).